The van der Waals surface area contributed by atoms with Gasteiger partial charge in [-0.3, -0.25) is 19.8 Å². The molecule has 1 atom stereocenters. The van der Waals surface area contributed by atoms with Crippen molar-refractivity contribution in [2.75, 3.05) is 4.90 Å². The van der Waals surface area contributed by atoms with E-state index in [0.717, 1.165) is 27.1 Å². The number of nitrogens with zero attached hydrogens (tertiary/aromatic N) is 3. The van der Waals surface area contributed by atoms with Gasteiger partial charge in [0.1, 0.15) is 11.6 Å². The van der Waals surface area contributed by atoms with Gasteiger partial charge in [0.15, 0.2) is 5.78 Å². The summed E-state index contributed by atoms with van der Waals surface area (Å²) in [6, 6.07) is 18.8. The fourth-order valence-corrected chi connectivity index (χ4v) is 6.49. The van der Waals surface area contributed by atoms with Gasteiger partial charge in [-0.1, -0.05) is 23.8 Å². The lowest BCUT2D eigenvalue weighted by atomic mass is 9.73. The van der Waals surface area contributed by atoms with Crippen molar-refractivity contribution in [3.63, 3.8) is 0 Å². The molecule has 0 saturated carbocycles. The molecule has 1 heterocycles. The Morgan fingerprint density at radius 1 is 1.15 bits per heavy atom. The van der Waals surface area contributed by atoms with Crippen molar-refractivity contribution < 1.29 is 14.1 Å². The van der Waals surface area contributed by atoms with Crippen LogP contribution in [0, 0.1) is 41.1 Å². The van der Waals surface area contributed by atoms with E-state index in [1.54, 1.807) is 40.9 Å². The third-order valence-electron chi connectivity index (χ3n) is 7.43. The maximum atomic E-state index is 13.6. The Kier molecular flexibility index (Phi) is 7.46. The zero-order chi connectivity index (χ0) is 28.6. The van der Waals surface area contributed by atoms with Gasteiger partial charge >= 0.3 is 0 Å². The molecule has 1 aliphatic carbocycles. The quantitative estimate of drug-likeness (QED) is 0.199. The first-order valence-electron chi connectivity index (χ1n) is 12.9. The summed E-state index contributed by atoms with van der Waals surface area (Å²) >= 11 is 1.58. The Balaban J connectivity index is 1.63. The zero-order valence-electron chi connectivity index (χ0n) is 22.1. The highest BCUT2D eigenvalue weighted by atomic mass is 32.2. The molecule has 0 saturated heterocycles. The molecule has 1 aliphatic heterocycles. The minimum Gasteiger partial charge on any atom is -0.384 e. The van der Waals surface area contributed by atoms with E-state index in [0.29, 0.717) is 42.0 Å². The second kappa shape index (κ2) is 11.0. The lowest BCUT2D eigenvalue weighted by Gasteiger charge is -2.40. The summed E-state index contributed by atoms with van der Waals surface area (Å²) in [4.78, 5) is 27.1. The number of anilines is 1. The smallest absolute Gasteiger partial charge is 0.271 e. The first kappa shape index (κ1) is 27.2. The summed E-state index contributed by atoms with van der Waals surface area (Å²) in [6.45, 7) is 3.96. The number of Topliss-reactive ketones (excluding diaryl/α,β-unsaturated/α-hetero) is 1. The molecule has 3 aromatic carbocycles. The number of carbonyl (C=O) groups excluding carboxylic acids is 1. The molecule has 5 rings (SSSR count). The summed E-state index contributed by atoms with van der Waals surface area (Å²) in [7, 11) is 0. The molecule has 0 aromatic heterocycles. The number of nitrogens with two attached hydrogens (primary N) is 1. The standard InChI is InChI=1S/C31H27FN4O3S/c1-18-13-20(17-40-24-11-9-21(32)10-12-24)19(2)25(14-18)29-26(16-33)31(34)35(27-7-4-8-28(37)30(27)29)22-5-3-6-23(15-22)36(38)39/h3,5-6,9-15,29H,4,7-8,17,34H2,1-2H3. The lowest BCUT2D eigenvalue weighted by molar-refractivity contribution is -0.384. The molecule has 0 bridgehead atoms. The number of nitriles is 1. The van der Waals surface area contributed by atoms with E-state index in [1.165, 1.54) is 24.3 Å². The largest absolute Gasteiger partial charge is 0.384 e. The summed E-state index contributed by atoms with van der Waals surface area (Å²) in [6.07, 6.45) is 1.53. The molecule has 2 aliphatic rings. The van der Waals surface area contributed by atoms with Crippen LogP contribution in [0.4, 0.5) is 15.8 Å². The van der Waals surface area contributed by atoms with Crippen LogP contribution in [0.3, 0.4) is 0 Å². The predicted octanol–water partition coefficient (Wildman–Crippen LogP) is 6.95. The van der Waals surface area contributed by atoms with E-state index < -0.39 is 10.8 Å². The second-order valence-corrected chi connectivity index (χ2v) is 11.0. The molecule has 9 heteroatoms. The number of thioether (sulfide) groups is 1. The number of carbonyl (C=O) groups is 1. The van der Waals surface area contributed by atoms with Crippen LogP contribution in [-0.2, 0) is 10.5 Å². The molecule has 0 spiro atoms. The maximum Gasteiger partial charge on any atom is 0.271 e. The highest BCUT2D eigenvalue weighted by Crippen LogP contribution is 2.48. The van der Waals surface area contributed by atoms with Crippen molar-refractivity contribution in [3.05, 3.63) is 122 Å². The third-order valence-corrected chi connectivity index (χ3v) is 8.49. The predicted molar refractivity (Wildman–Crippen MR) is 153 cm³/mol. The van der Waals surface area contributed by atoms with Gasteiger partial charge in [0.05, 0.1) is 28.2 Å². The molecule has 0 fully saturated rings. The van der Waals surface area contributed by atoms with Crippen molar-refractivity contribution in [3.8, 4) is 6.07 Å². The average molecular weight is 555 g/mol. The van der Waals surface area contributed by atoms with Crippen LogP contribution in [-0.4, -0.2) is 10.7 Å². The number of nitro groups is 1. The number of aryl methyl sites for hydroxylation is 1. The van der Waals surface area contributed by atoms with E-state index >= 15 is 0 Å². The Morgan fingerprint density at radius 2 is 1.90 bits per heavy atom. The van der Waals surface area contributed by atoms with E-state index in [1.807, 2.05) is 19.9 Å². The van der Waals surface area contributed by atoms with Crippen molar-refractivity contribution in [1.82, 2.24) is 0 Å². The maximum absolute atomic E-state index is 13.6. The number of hydrogen-bond donors (Lipinski definition) is 1. The Labute approximate surface area is 235 Å². The molecule has 7 nitrogen and oxygen atoms in total. The number of rotatable bonds is 6. The highest BCUT2D eigenvalue weighted by Gasteiger charge is 2.41. The van der Waals surface area contributed by atoms with Gasteiger partial charge in [-0.05, 0) is 73.7 Å². The lowest BCUT2D eigenvalue weighted by Crippen LogP contribution is -2.39. The van der Waals surface area contributed by atoms with Gasteiger partial charge in [0, 0.05) is 40.5 Å². The average Bonchev–Trinajstić information content (AvgIpc) is 2.93. The van der Waals surface area contributed by atoms with Crippen LogP contribution >= 0.6 is 11.8 Å². The topological polar surface area (TPSA) is 113 Å². The number of hydrogen-bond acceptors (Lipinski definition) is 7. The van der Waals surface area contributed by atoms with E-state index in [9.17, 15) is 24.6 Å². The molecule has 0 radical (unpaired) electrons. The fourth-order valence-electron chi connectivity index (χ4n) is 5.54. The molecule has 1 unspecified atom stereocenters. The van der Waals surface area contributed by atoms with Crippen molar-refractivity contribution >= 4 is 28.9 Å². The van der Waals surface area contributed by atoms with Crippen LogP contribution in [0.5, 0.6) is 0 Å². The summed E-state index contributed by atoms with van der Waals surface area (Å²) < 4.78 is 13.4. The monoisotopic (exact) mass is 554 g/mol. The SMILES string of the molecule is Cc1cc(CSc2ccc(F)cc2)c(C)c(C2C(C#N)=C(N)N(c3cccc([N+](=O)[O-])c3)C3=C2C(=O)CCC3)c1. The Bertz CT molecular complexity index is 1640. The van der Waals surface area contributed by atoms with Gasteiger partial charge < -0.3 is 5.73 Å². The normalized spacial score (nSPS) is 17.1. The number of benzene rings is 3. The second-order valence-electron chi connectivity index (χ2n) is 9.97. The number of non-ortho nitro benzene ring substituents is 1. The molecule has 40 heavy (non-hydrogen) atoms. The zero-order valence-corrected chi connectivity index (χ0v) is 22.9. The van der Waals surface area contributed by atoms with Crippen LogP contribution < -0.4 is 10.6 Å². The first-order chi connectivity index (χ1) is 19.2. The van der Waals surface area contributed by atoms with Crippen molar-refractivity contribution in [1.29, 1.82) is 5.26 Å². The van der Waals surface area contributed by atoms with Gasteiger partial charge in [-0.15, -0.1) is 11.8 Å². The van der Waals surface area contributed by atoms with Crippen LogP contribution in [0.1, 0.15) is 47.4 Å². The highest BCUT2D eigenvalue weighted by molar-refractivity contribution is 7.98. The third kappa shape index (κ3) is 4.98. The van der Waals surface area contributed by atoms with Gasteiger partial charge in [-0.2, -0.15) is 5.26 Å². The Morgan fingerprint density at radius 3 is 2.60 bits per heavy atom. The van der Waals surface area contributed by atoms with Crippen molar-refractivity contribution in [2.24, 2.45) is 5.73 Å². The minimum atomic E-state index is -0.641. The summed E-state index contributed by atoms with van der Waals surface area (Å²) in [5.41, 5.74) is 12.3. The van der Waals surface area contributed by atoms with Crippen molar-refractivity contribution in [2.45, 2.75) is 49.7 Å². The minimum absolute atomic E-state index is 0.0509. The first-order valence-corrected chi connectivity index (χ1v) is 13.9. The molecular formula is C31H27FN4O3S. The van der Waals surface area contributed by atoms with Crippen LogP contribution in [0.25, 0.3) is 0 Å². The molecule has 3 aromatic rings. The molecule has 0 amide bonds. The summed E-state index contributed by atoms with van der Waals surface area (Å²) in [5.74, 6) is -0.184. The number of nitro benzene ring substituents is 1. The van der Waals surface area contributed by atoms with E-state index in [4.69, 9.17) is 5.73 Å². The van der Waals surface area contributed by atoms with Crippen LogP contribution in [0.2, 0.25) is 0 Å². The molecule has 202 valence electrons. The Hall–Kier alpha value is -4.42. The van der Waals surface area contributed by atoms with E-state index in [2.05, 4.69) is 12.1 Å². The van der Waals surface area contributed by atoms with E-state index in [-0.39, 0.29) is 28.7 Å². The number of allylic oxidation sites excluding steroid dienone is 3. The van der Waals surface area contributed by atoms with Gasteiger partial charge in [0.25, 0.3) is 5.69 Å². The molecule has 2 N–H and O–H groups in total. The molecular weight excluding hydrogens is 527 g/mol. The fraction of sp³-hybridized carbons (Fsp3) is 0.226. The van der Waals surface area contributed by atoms with Gasteiger partial charge in [0.2, 0.25) is 0 Å². The van der Waals surface area contributed by atoms with Gasteiger partial charge in [-0.25, -0.2) is 4.39 Å². The number of ketones is 1. The van der Waals surface area contributed by atoms with Crippen LogP contribution in [0.15, 0.2) is 88.2 Å². The number of halogens is 1. The summed E-state index contributed by atoms with van der Waals surface area (Å²) in [5, 5.41) is 21.9.